The van der Waals surface area contributed by atoms with Gasteiger partial charge in [0.1, 0.15) is 0 Å². The number of nitrogens with one attached hydrogen (secondary N) is 1. The van der Waals surface area contributed by atoms with Gasteiger partial charge in [-0.25, -0.2) is 0 Å². The van der Waals surface area contributed by atoms with Crippen LogP contribution in [0.15, 0.2) is 24.3 Å². The first-order chi connectivity index (χ1) is 9.23. The highest BCUT2D eigenvalue weighted by Crippen LogP contribution is 2.26. The van der Waals surface area contributed by atoms with Crippen molar-refractivity contribution in [1.82, 2.24) is 0 Å². The fraction of sp³-hybridized carbons (Fsp3) is 0.467. The zero-order valence-electron chi connectivity index (χ0n) is 12.0. The second-order valence-corrected chi connectivity index (χ2v) is 5.38. The molecule has 0 aliphatic rings. The lowest BCUT2D eigenvalue weighted by Crippen LogP contribution is -2.39. The lowest BCUT2D eigenvalue weighted by molar-refractivity contribution is -0.144. The van der Waals surface area contributed by atoms with E-state index >= 15 is 0 Å². The molecule has 110 valence electrons. The molecule has 0 radical (unpaired) electrons. The summed E-state index contributed by atoms with van der Waals surface area (Å²) in [6.07, 6.45) is -0.0323. The summed E-state index contributed by atoms with van der Waals surface area (Å²) in [5.74, 6) is -1.34. The number of aliphatic carboxylic acids is 1. The van der Waals surface area contributed by atoms with E-state index in [0.717, 1.165) is 5.56 Å². The fourth-order valence-corrected chi connectivity index (χ4v) is 2.00. The van der Waals surface area contributed by atoms with Crippen LogP contribution >= 0.6 is 0 Å². The predicted octanol–water partition coefficient (Wildman–Crippen LogP) is 2.05. The molecule has 0 saturated carbocycles. The first kappa shape index (κ1) is 16.2. The van der Waals surface area contributed by atoms with Crippen LogP contribution in [0.1, 0.15) is 32.8 Å². The Labute approximate surface area is 118 Å². The molecule has 1 atom stereocenters. The molecule has 0 aliphatic carbocycles. The van der Waals surface area contributed by atoms with E-state index in [-0.39, 0.29) is 24.7 Å². The summed E-state index contributed by atoms with van der Waals surface area (Å²) in [7, 11) is 0. The van der Waals surface area contributed by atoms with Crippen molar-refractivity contribution in [2.45, 2.75) is 39.2 Å². The molecule has 0 bridgehead atoms. The van der Waals surface area contributed by atoms with Gasteiger partial charge in [-0.15, -0.1) is 0 Å². The van der Waals surface area contributed by atoms with E-state index in [1.807, 2.05) is 0 Å². The molecule has 5 nitrogen and oxygen atoms in total. The largest absolute Gasteiger partial charge is 0.481 e. The molecule has 0 aromatic heterocycles. The molecule has 1 rings (SSSR count). The molecular formula is C15H21NO4. The molecule has 3 N–H and O–H groups in total. The lowest BCUT2D eigenvalue weighted by Gasteiger charge is -2.31. The van der Waals surface area contributed by atoms with E-state index in [9.17, 15) is 14.7 Å². The minimum atomic E-state index is -1.28. The molecule has 1 aromatic rings. The number of carbonyl (C=O) groups excluding carboxylic acids is 1. The number of aliphatic hydroxyl groups is 1. The molecule has 20 heavy (non-hydrogen) atoms. The lowest BCUT2D eigenvalue weighted by atomic mass is 9.81. The van der Waals surface area contributed by atoms with Crippen molar-refractivity contribution in [3.8, 4) is 0 Å². The number of carboxylic acid groups (broad SMARTS) is 1. The molecule has 0 heterocycles. The first-order valence-electron chi connectivity index (χ1n) is 6.53. The van der Waals surface area contributed by atoms with E-state index in [0.29, 0.717) is 5.69 Å². The molecule has 1 unspecified atom stereocenters. The summed E-state index contributed by atoms with van der Waals surface area (Å²) in [6, 6.07) is 7.03. The summed E-state index contributed by atoms with van der Waals surface area (Å²) < 4.78 is 0. The number of carbonyl (C=O) groups is 2. The maximum atomic E-state index is 10.9. The van der Waals surface area contributed by atoms with E-state index in [4.69, 9.17) is 5.11 Å². The highest BCUT2D eigenvalue weighted by Gasteiger charge is 2.33. The number of hydrogen-bond donors (Lipinski definition) is 3. The Balaban J connectivity index is 2.84. The van der Waals surface area contributed by atoms with Crippen molar-refractivity contribution < 1.29 is 19.8 Å². The van der Waals surface area contributed by atoms with Crippen LogP contribution in [0.5, 0.6) is 0 Å². The van der Waals surface area contributed by atoms with Crippen LogP contribution < -0.4 is 5.32 Å². The maximum Gasteiger partial charge on any atom is 0.306 e. The Bertz CT molecular complexity index is 481. The van der Waals surface area contributed by atoms with Gasteiger partial charge in [0.15, 0.2) is 0 Å². The zero-order chi connectivity index (χ0) is 15.3. The Morgan fingerprint density at radius 1 is 1.25 bits per heavy atom. The fourth-order valence-electron chi connectivity index (χ4n) is 2.00. The van der Waals surface area contributed by atoms with Crippen LogP contribution in [0.25, 0.3) is 0 Å². The number of benzene rings is 1. The molecule has 1 aromatic carbocycles. The van der Waals surface area contributed by atoms with Crippen molar-refractivity contribution in [2.24, 2.45) is 5.92 Å². The molecule has 0 saturated heterocycles. The van der Waals surface area contributed by atoms with E-state index in [1.165, 1.54) is 6.92 Å². The third-order valence-corrected chi connectivity index (χ3v) is 3.32. The van der Waals surface area contributed by atoms with Gasteiger partial charge in [-0.3, -0.25) is 9.59 Å². The van der Waals surface area contributed by atoms with Crippen molar-refractivity contribution in [3.05, 3.63) is 29.8 Å². The van der Waals surface area contributed by atoms with E-state index in [2.05, 4.69) is 5.32 Å². The van der Waals surface area contributed by atoms with Gasteiger partial charge in [0.05, 0.1) is 12.0 Å². The quantitative estimate of drug-likeness (QED) is 0.743. The highest BCUT2D eigenvalue weighted by molar-refractivity contribution is 5.88. The third-order valence-electron chi connectivity index (χ3n) is 3.32. The number of anilines is 1. The maximum absolute atomic E-state index is 10.9. The van der Waals surface area contributed by atoms with Crippen LogP contribution in [-0.2, 0) is 16.0 Å². The molecule has 1 amide bonds. The molecule has 0 spiro atoms. The van der Waals surface area contributed by atoms with Gasteiger partial charge in [0, 0.05) is 19.0 Å². The van der Waals surface area contributed by atoms with Crippen LogP contribution in [0.2, 0.25) is 0 Å². The highest BCUT2D eigenvalue weighted by atomic mass is 16.4. The summed E-state index contributed by atoms with van der Waals surface area (Å²) in [6.45, 7) is 5.03. The van der Waals surface area contributed by atoms with Crippen molar-refractivity contribution in [1.29, 1.82) is 0 Å². The van der Waals surface area contributed by atoms with Crippen molar-refractivity contribution in [2.75, 3.05) is 5.32 Å². The smallest absolute Gasteiger partial charge is 0.306 e. The third kappa shape index (κ3) is 4.66. The average Bonchev–Trinajstić information content (AvgIpc) is 2.29. The second-order valence-electron chi connectivity index (χ2n) is 5.38. The van der Waals surface area contributed by atoms with Gasteiger partial charge >= 0.3 is 5.97 Å². The zero-order valence-corrected chi connectivity index (χ0v) is 12.0. The standard InChI is InChI=1S/C15H21NO4/c1-10(2)15(20,9-14(18)19)8-12-4-6-13(7-5-12)16-11(3)17/h4-7,10,20H,8-9H2,1-3H3,(H,16,17)(H,18,19). The number of amides is 1. The first-order valence-corrected chi connectivity index (χ1v) is 6.53. The minimum Gasteiger partial charge on any atom is -0.481 e. The predicted molar refractivity (Wildman–Crippen MR) is 76.5 cm³/mol. The Morgan fingerprint density at radius 2 is 1.80 bits per heavy atom. The molecule has 0 fully saturated rings. The minimum absolute atomic E-state index is 0.151. The van der Waals surface area contributed by atoms with Crippen LogP contribution in [-0.4, -0.2) is 27.7 Å². The summed E-state index contributed by atoms with van der Waals surface area (Å²) >= 11 is 0. The Morgan fingerprint density at radius 3 is 2.20 bits per heavy atom. The summed E-state index contributed by atoms with van der Waals surface area (Å²) in [5, 5.41) is 22.0. The van der Waals surface area contributed by atoms with E-state index in [1.54, 1.807) is 38.1 Å². The average molecular weight is 279 g/mol. The molecular weight excluding hydrogens is 258 g/mol. The van der Waals surface area contributed by atoms with Gasteiger partial charge in [-0.2, -0.15) is 0 Å². The summed E-state index contributed by atoms with van der Waals surface area (Å²) in [4.78, 5) is 21.8. The molecule has 5 heteroatoms. The number of carboxylic acids is 1. The van der Waals surface area contributed by atoms with E-state index < -0.39 is 11.6 Å². The van der Waals surface area contributed by atoms with Crippen molar-refractivity contribution >= 4 is 17.6 Å². The van der Waals surface area contributed by atoms with Gasteiger partial charge in [-0.05, 0) is 23.6 Å². The second kappa shape index (κ2) is 6.52. The van der Waals surface area contributed by atoms with Gasteiger partial charge < -0.3 is 15.5 Å². The van der Waals surface area contributed by atoms with Gasteiger partial charge in [0.2, 0.25) is 5.91 Å². The summed E-state index contributed by atoms with van der Waals surface area (Å²) in [5.41, 5.74) is 0.227. The number of rotatable bonds is 6. The van der Waals surface area contributed by atoms with Gasteiger partial charge in [0.25, 0.3) is 0 Å². The van der Waals surface area contributed by atoms with Crippen LogP contribution in [0, 0.1) is 5.92 Å². The Kier molecular flexibility index (Phi) is 5.27. The van der Waals surface area contributed by atoms with Gasteiger partial charge in [-0.1, -0.05) is 26.0 Å². The topological polar surface area (TPSA) is 86.6 Å². The Hall–Kier alpha value is -1.88. The van der Waals surface area contributed by atoms with Crippen molar-refractivity contribution in [3.63, 3.8) is 0 Å². The SMILES string of the molecule is CC(=O)Nc1ccc(CC(O)(CC(=O)O)C(C)C)cc1. The molecule has 0 aliphatic heterocycles. The van der Waals surface area contributed by atoms with Crippen LogP contribution in [0.3, 0.4) is 0 Å². The van der Waals surface area contributed by atoms with Crippen LogP contribution in [0.4, 0.5) is 5.69 Å². The normalized spacial score (nSPS) is 13.8. The monoisotopic (exact) mass is 279 g/mol. The number of hydrogen-bond acceptors (Lipinski definition) is 3.